The van der Waals surface area contributed by atoms with Gasteiger partial charge in [0.25, 0.3) is 0 Å². The number of nitrogens with two attached hydrogens (primary N) is 1. The monoisotopic (exact) mass is 165 g/mol. The molecule has 2 N–H and O–H groups in total. The van der Waals surface area contributed by atoms with Crippen LogP contribution in [0.15, 0.2) is 16.9 Å². The van der Waals surface area contributed by atoms with Crippen molar-refractivity contribution in [3.63, 3.8) is 0 Å². The molecule has 4 nitrogen and oxygen atoms in total. The summed E-state index contributed by atoms with van der Waals surface area (Å²) in [6.45, 7) is 0.722. The highest BCUT2D eigenvalue weighted by atomic mass is 16.1. The van der Waals surface area contributed by atoms with E-state index in [1.807, 2.05) is 11.1 Å². The van der Waals surface area contributed by atoms with E-state index in [1.54, 1.807) is 6.21 Å². The summed E-state index contributed by atoms with van der Waals surface area (Å²) in [4.78, 5) is 17.0. The van der Waals surface area contributed by atoms with E-state index in [1.165, 1.54) is 0 Å². The van der Waals surface area contributed by atoms with Crippen LogP contribution in [-0.2, 0) is 4.79 Å². The molecular weight excluding hydrogens is 154 g/mol. The van der Waals surface area contributed by atoms with Crippen molar-refractivity contribution in [1.82, 2.24) is 4.90 Å². The van der Waals surface area contributed by atoms with Gasteiger partial charge in [-0.1, -0.05) is 0 Å². The maximum Gasteiger partial charge on any atom is 0.240 e. The molecule has 0 aliphatic carbocycles. The van der Waals surface area contributed by atoms with Gasteiger partial charge in [-0.25, -0.2) is 0 Å². The molecule has 1 atom stereocenters. The van der Waals surface area contributed by atoms with Gasteiger partial charge in [-0.05, 0) is 12.8 Å². The van der Waals surface area contributed by atoms with Crippen LogP contribution in [0.5, 0.6) is 0 Å². The number of nitrogens with zero attached hydrogens (tertiary/aromatic N) is 2. The average molecular weight is 165 g/mol. The molecule has 1 saturated heterocycles. The van der Waals surface area contributed by atoms with Gasteiger partial charge < -0.3 is 10.6 Å². The molecule has 0 aromatic carbocycles. The second kappa shape index (κ2) is 2.62. The van der Waals surface area contributed by atoms with E-state index < -0.39 is 0 Å². The van der Waals surface area contributed by atoms with E-state index in [0.29, 0.717) is 0 Å². The Balaban J connectivity index is 2.20. The lowest BCUT2D eigenvalue weighted by molar-refractivity contribution is -0.121. The summed E-state index contributed by atoms with van der Waals surface area (Å²) < 4.78 is 0. The van der Waals surface area contributed by atoms with Gasteiger partial charge in [-0.3, -0.25) is 9.79 Å². The van der Waals surface area contributed by atoms with Crippen LogP contribution >= 0.6 is 0 Å². The number of amides is 1. The van der Waals surface area contributed by atoms with Crippen molar-refractivity contribution >= 4 is 12.1 Å². The second-order valence-corrected chi connectivity index (χ2v) is 3.06. The molecule has 1 fully saturated rings. The largest absolute Gasteiger partial charge is 0.368 e. The third-order valence-corrected chi connectivity index (χ3v) is 2.35. The quantitative estimate of drug-likeness (QED) is 0.588. The number of carbonyl (C=O) groups excluding carboxylic acids is 1. The first-order valence-corrected chi connectivity index (χ1v) is 4.05. The topological polar surface area (TPSA) is 58.7 Å². The van der Waals surface area contributed by atoms with Gasteiger partial charge in [0.1, 0.15) is 6.04 Å². The fourth-order valence-electron chi connectivity index (χ4n) is 1.74. The molecule has 2 aliphatic heterocycles. The summed E-state index contributed by atoms with van der Waals surface area (Å²) in [6.07, 6.45) is 5.37. The summed E-state index contributed by atoms with van der Waals surface area (Å²) in [7, 11) is 0. The van der Waals surface area contributed by atoms with Crippen molar-refractivity contribution in [3.8, 4) is 0 Å². The Bertz CT molecular complexity index is 269. The predicted molar refractivity (Wildman–Crippen MR) is 45.5 cm³/mol. The zero-order valence-corrected chi connectivity index (χ0v) is 6.73. The molecule has 0 saturated carbocycles. The first-order valence-electron chi connectivity index (χ1n) is 4.05. The summed E-state index contributed by atoms with van der Waals surface area (Å²) >= 11 is 0. The Morgan fingerprint density at radius 3 is 3.33 bits per heavy atom. The SMILES string of the molecule is NC(=O)C1CCC2=CN=CCN21. The van der Waals surface area contributed by atoms with E-state index in [0.717, 1.165) is 25.1 Å². The van der Waals surface area contributed by atoms with Gasteiger partial charge in [0.2, 0.25) is 5.91 Å². The minimum atomic E-state index is -0.228. The van der Waals surface area contributed by atoms with Gasteiger partial charge in [0.05, 0.1) is 6.54 Å². The van der Waals surface area contributed by atoms with E-state index in [2.05, 4.69) is 4.99 Å². The molecule has 1 unspecified atom stereocenters. The first-order chi connectivity index (χ1) is 5.79. The second-order valence-electron chi connectivity index (χ2n) is 3.06. The standard InChI is InChI=1S/C8H11N3O/c9-8(12)7-2-1-6-5-10-3-4-11(6)7/h3,5,7H,1-2,4H2,(H2,9,12). The molecule has 64 valence electrons. The lowest BCUT2D eigenvalue weighted by Crippen LogP contribution is -2.41. The third-order valence-electron chi connectivity index (χ3n) is 2.35. The van der Waals surface area contributed by atoms with E-state index in [9.17, 15) is 4.79 Å². The summed E-state index contributed by atoms with van der Waals surface area (Å²) in [5.74, 6) is -0.228. The molecule has 0 aromatic heterocycles. The van der Waals surface area contributed by atoms with Crippen LogP contribution in [-0.4, -0.2) is 29.6 Å². The van der Waals surface area contributed by atoms with Crippen molar-refractivity contribution in [2.24, 2.45) is 10.7 Å². The minimum absolute atomic E-state index is 0.108. The fourth-order valence-corrected chi connectivity index (χ4v) is 1.74. The summed E-state index contributed by atoms with van der Waals surface area (Å²) in [6, 6.07) is -0.108. The molecule has 4 heteroatoms. The lowest BCUT2D eigenvalue weighted by Gasteiger charge is -2.25. The first kappa shape index (κ1) is 7.34. The highest BCUT2D eigenvalue weighted by Gasteiger charge is 2.32. The van der Waals surface area contributed by atoms with Crippen LogP contribution < -0.4 is 5.73 Å². The Hall–Kier alpha value is -1.32. The number of primary amides is 1. The molecule has 2 aliphatic rings. The Labute approximate surface area is 70.7 Å². The van der Waals surface area contributed by atoms with Gasteiger partial charge >= 0.3 is 0 Å². The Morgan fingerprint density at radius 2 is 2.58 bits per heavy atom. The Morgan fingerprint density at radius 1 is 1.75 bits per heavy atom. The van der Waals surface area contributed by atoms with Gasteiger partial charge in [0.15, 0.2) is 0 Å². The van der Waals surface area contributed by atoms with Crippen LogP contribution in [0, 0.1) is 0 Å². The molecule has 12 heavy (non-hydrogen) atoms. The van der Waals surface area contributed by atoms with Gasteiger partial charge in [0, 0.05) is 18.1 Å². The highest BCUT2D eigenvalue weighted by Crippen LogP contribution is 2.27. The van der Waals surface area contributed by atoms with E-state index in [4.69, 9.17) is 5.73 Å². The molecule has 0 bridgehead atoms. The van der Waals surface area contributed by atoms with Crippen molar-refractivity contribution in [2.45, 2.75) is 18.9 Å². The zero-order valence-electron chi connectivity index (χ0n) is 6.73. The van der Waals surface area contributed by atoms with Gasteiger partial charge in [-0.15, -0.1) is 0 Å². The number of allylic oxidation sites excluding steroid dienone is 1. The summed E-state index contributed by atoms with van der Waals surface area (Å²) in [5.41, 5.74) is 6.39. The fraction of sp³-hybridized carbons (Fsp3) is 0.500. The molecular formula is C8H11N3O. The summed E-state index contributed by atoms with van der Waals surface area (Å²) in [5, 5.41) is 0. The number of carbonyl (C=O) groups is 1. The van der Waals surface area contributed by atoms with Crippen molar-refractivity contribution < 1.29 is 4.79 Å². The molecule has 0 spiro atoms. The normalized spacial score (nSPS) is 26.8. The number of fused-ring (bicyclic) bond motifs is 1. The minimum Gasteiger partial charge on any atom is -0.368 e. The number of rotatable bonds is 1. The van der Waals surface area contributed by atoms with Crippen LogP contribution in [0.25, 0.3) is 0 Å². The molecule has 0 aromatic rings. The van der Waals surface area contributed by atoms with E-state index in [-0.39, 0.29) is 11.9 Å². The van der Waals surface area contributed by atoms with Crippen LogP contribution in [0.1, 0.15) is 12.8 Å². The van der Waals surface area contributed by atoms with Crippen molar-refractivity contribution in [2.75, 3.05) is 6.54 Å². The highest BCUT2D eigenvalue weighted by molar-refractivity contribution is 5.81. The third kappa shape index (κ3) is 0.995. The number of hydrogen-bond donors (Lipinski definition) is 1. The zero-order chi connectivity index (χ0) is 8.55. The number of hydrogen-bond acceptors (Lipinski definition) is 3. The van der Waals surface area contributed by atoms with Crippen LogP contribution in [0.4, 0.5) is 0 Å². The smallest absolute Gasteiger partial charge is 0.240 e. The maximum atomic E-state index is 11.0. The molecule has 1 amide bonds. The maximum absolute atomic E-state index is 11.0. The van der Waals surface area contributed by atoms with E-state index >= 15 is 0 Å². The lowest BCUT2D eigenvalue weighted by atomic mass is 10.2. The average Bonchev–Trinajstić information content (AvgIpc) is 2.47. The van der Waals surface area contributed by atoms with Crippen LogP contribution in [0.2, 0.25) is 0 Å². The van der Waals surface area contributed by atoms with Crippen molar-refractivity contribution in [3.05, 3.63) is 11.9 Å². The number of aliphatic imine (C=N–C) groups is 1. The van der Waals surface area contributed by atoms with Crippen LogP contribution in [0.3, 0.4) is 0 Å². The molecule has 0 radical (unpaired) electrons. The van der Waals surface area contributed by atoms with Crippen molar-refractivity contribution in [1.29, 1.82) is 0 Å². The molecule has 2 heterocycles. The van der Waals surface area contributed by atoms with Gasteiger partial charge in [-0.2, -0.15) is 0 Å². The predicted octanol–water partition coefficient (Wildman–Crippen LogP) is -0.138. The Kier molecular flexibility index (Phi) is 1.60. The molecule has 2 rings (SSSR count).